The molecule has 0 amide bonds. The highest BCUT2D eigenvalue weighted by atomic mass is 127. The quantitative estimate of drug-likeness (QED) is 0.489. The Hall–Kier alpha value is -1.44. The number of nitro benzene ring substituents is 1. The fourth-order valence-corrected chi connectivity index (χ4v) is 2.38. The van der Waals surface area contributed by atoms with Crippen LogP contribution in [0.25, 0.3) is 5.69 Å². The third-order valence-corrected chi connectivity index (χ3v) is 3.30. The molecule has 0 bridgehead atoms. The molecule has 0 aliphatic rings. The molecule has 0 atom stereocenters. The molecular formula is C11H10IN3O2. The van der Waals surface area contributed by atoms with Crippen molar-refractivity contribution in [2.75, 3.05) is 0 Å². The molecule has 0 N–H and O–H groups in total. The molecule has 0 unspecified atom stereocenters. The van der Waals surface area contributed by atoms with Crippen LogP contribution in [0.5, 0.6) is 0 Å². The lowest BCUT2D eigenvalue weighted by atomic mass is 10.2. The van der Waals surface area contributed by atoms with Gasteiger partial charge < -0.3 is 4.57 Å². The number of rotatable bonds is 3. The van der Waals surface area contributed by atoms with Crippen molar-refractivity contribution >= 4 is 28.3 Å². The number of hydrogen-bond donors (Lipinski definition) is 0. The van der Waals surface area contributed by atoms with Crippen molar-refractivity contribution < 1.29 is 4.92 Å². The van der Waals surface area contributed by atoms with Crippen molar-refractivity contribution in [3.8, 4) is 5.69 Å². The van der Waals surface area contributed by atoms with Crippen molar-refractivity contribution in [3.05, 3.63) is 50.1 Å². The van der Waals surface area contributed by atoms with Gasteiger partial charge in [0.05, 0.1) is 10.6 Å². The second-order valence-electron chi connectivity index (χ2n) is 3.46. The Kier molecular flexibility index (Phi) is 3.41. The summed E-state index contributed by atoms with van der Waals surface area (Å²) in [6, 6.07) is 4.83. The van der Waals surface area contributed by atoms with E-state index in [1.54, 1.807) is 18.3 Å². The number of halogens is 1. The van der Waals surface area contributed by atoms with Crippen molar-refractivity contribution in [3.63, 3.8) is 0 Å². The fourth-order valence-electron chi connectivity index (χ4n) is 1.62. The summed E-state index contributed by atoms with van der Waals surface area (Å²) in [6.07, 6.45) is 4.42. The average Bonchev–Trinajstić information content (AvgIpc) is 2.76. The molecule has 0 fully saturated rings. The zero-order valence-electron chi connectivity index (χ0n) is 9.13. The average molecular weight is 343 g/mol. The van der Waals surface area contributed by atoms with E-state index in [2.05, 4.69) is 27.6 Å². The predicted octanol–water partition coefficient (Wildman–Crippen LogP) is 2.95. The maximum absolute atomic E-state index is 10.7. The highest BCUT2D eigenvalue weighted by Gasteiger charge is 2.11. The number of nitro groups is 1. The number of aromatic nitrogens is 2. The predicted molar refractivity (Wildman–Crippen MR) is 72.3 cm³/mol. The molecule has 0 spiro atoms. The minimum absolute atomic E-state index is 0.108. The van der Waals surface area contributed by atoms with Crippen molar-refractivity contribution in [2.24, 2.45) is 0 Å². The normalized spacial score (nSPS) is 10.5. The summed E-state index contributed by atoms with van der Waals surface area (Å²) < 4.78 is 2.79. The van der Waals surface area contributed by atoms with E-state index in [4.69, 9.17) is 0 Å². The van der Waals surface area contributed by atoms with E-state index in [1.165, 1.54) is 6.07 Å². The van der Waals surface area contributed by atoms with Crippen molar-refractivity contribution in [1.82, 2.24) is 9.55 Å². The van der Waals surface area contributed by atoms with Crippen LogP contribution in [0.3, 0.4) is 0 Å². The Morgan fingerprint density at radius 3 is 2.88 bits per heavy atom. The van der Waals surface area contributed by atoms with Gasteiger partial charge in [-0.1, -0.05) is 6.92 Å². The van der Waals surface area contributed by atoms with Gasteiger partial charge in [-0.3, -0.25) is 10.1 Å². The van der Waals surface area contributed by atoms with Gasteiger partial charge in [0.2, 0.25) is 0 Å². The minimum Gasteiger partial charge on any atom is -0.303 e. The van der Waals surface area contributed by atoms with Crippen LogP contribution in [0.4, 0.5) is 5.69 Å². The Bertz CT molecular complexity index is 566. The SMILES string of the molecule is CCc1nccn1-c1ccc([N+](=O)[O-])cc1I. The first kappa shape index (κ1) is 12.0. The molecule has 0 radical (unpaired) electrons. The molecule has 0 aliphatic heterocycles. The number of hydrogen-bond acceptors (Lipinski definition) is 3. The molecule has 17 heavy (non-hydrogen) atoms. The summed E-state index contributed by atoms with van der Waals surface area (Å²) >= 11 is 2.10. The highest BCUT2D eigenvalue weighted by molar-refractivity contribution is 14.1. The summed E-state index contributed by atoms with van der Waals surface area (Å²) in [6.45, 7) is 2.02. The number of benzene rings is 1. The third kappa shape index (κ3) is 2.31. The van der Waals surface area contributed by atoms with Crippen LogP contribution in [0.1, 0.15) is 12.7 Å². The zero-order chi connectivity index (χ0) is 12.4. The van der Waals surface area contributed by atoms with Crippen LogP contribution in [-0.4, -0.2) is 14.5 Å². The molecule has 2 rings (SSSR count). The first-order valence-electron chi connectivity index (χ1n) is 5.10. The van der Waals surface area contributed by atoms with E-state index in [0.717, 1.165) is 21.5 Å². The topological polar surface area (TPSA) is 61.0 Å². The van der Waals surface area contributed by atoms with Gasteiger partial charge >= 0.3 is 0 Å². The third-order valence-electron chi connectivity index (χ3n) is 2.44. The second kappa shape index (κ2) is 4.82. The summed E-state index contributed by atoms with van der Waals surface area (Å²) in [4.78, 5) is 14.5. The molecule has 0 aliphatic carbocycles. The summed E-state index contributed by atoms with van der Waals surface area (Å²) in [5.41, 5.74) is 1.03. The maximum Gasteiger partial charge on any atom is 0.270 e. The maximum atomic E-state index is 10.7. The Labute approximate surface area is 112 Å². The van der Waals surface area contributed by atoms with Crippen molar-refractivity contribution in [2.45, 2.75) is 13.3 Å². The molecule has 1 aromatic heterocycles. The fraction of sp³-hybridized carbons (Fsp3) is 0.182. The molecule has 2 aromatic rings. The molecule has 1 aromatic carbocycles. The first-order chi connectivity index (χ1) is 8.13. The summed E-state index contributed by atoms with van der Waals surface area (Å²) in [5.74, 6) is 0.941. The Morgan fingerprint density at radius 2 is 2.29 bits per heavy atom. The molecule has 0 saturated carbocycles. The number of nitrogens with zero attached hydrogens (tertiary/aromatic N) is 3. The number of aryl methyl sites for hydroxylation is 1. The van der Waals surface area contributed by atoms with Gasteiger partial charge in [0, 0.05) is 34.5 Å². The smallest absolute Gasteiger partial charge is 0.270 e. The van der Waals surface area contributed by atoms with Gasteiger partial charge in [-0.2, -0.15) is 0 Å². The molecule has 0 saturated heterocycles. The van der Waals surface area contributed by atoms with Gasteiger partial charge in [0.25, 0.3) is 5.69 Å². The lowest BCUT2D eigenvalue weighted by molar-refractivity contribution is -0.384. The van der Waals surface area contributed by atoms with E-state index in [9.17, 15) is 10.1 Å². The Balaban J connectivity index is 2.50. The molecule has 88 valence electrons. The zero-order valence-corrected chi connectivity index (χ0v) is 11.3. The highest BCUT2D eigenvalue weighted by Crippen LogP contribution is 2.23. The van der Waals surface area contributed by atoms with Gasteiger partial charge in [-0.05, 0) is 28.7 Å². The molecule has 1 heterocycles. The van der Waals surface area contributed by atoms with E-state index in [1.807, 2.05) is 17.7 Å². The molecular weight excluding hydrogens is 333 g/mol. The lowest BCUT2D eigenvalue weighted by Gasteiger charge is -2.08. The Morgan fingerprint density at radius 1 is 1.53 bits per heavy atom. The van der Waals surface area contributed by atoms with E-state index < -0.39 is 0 Å². The van der Waals surface area contributed by atoms with Gasteiger partial charge in [-0.25, -0.2) is 4.98 Å². The van der Waals surface area contributed by atoms with Gasteiger partial charge in [0.15, 0.2) is 0 Å². The largest absolute Gasteiger partial charge is 0.303 e. The van der Waals surface area contributed by atoms with Gasteiger partial charge in [-0.15, -0.1) is 0 Å². The van der Waals surface area contributed by atoms with Crippen LogP contribution >= 0.6 is 22.6 Å². The van der Waals surface area contributed by atoms with Gasteiger partial charge in [0.1, 0.15) is 5.82 Å². The van der Waals surface area contributed by atoms with Crippen LogP contribution in [0.2, 0.25) is 0 Å². The van der Waals surface area contributed by atoms with Crippen molar-refractivity contribution in [1.29, 1.82) is 0 Å². The van der Waals surface area contributed by atoms with E-state index in [-0.39, 0.29) is 10.6 Å². The standard InChI is InChI=1S/C11H10IN3O2/c1-2-11-13-5-6-14(11)10-4-3-8(15(16)17)7-9(10)12/h3-7H,2H2,1H3. The first-order valence-corrected chi connectivity index (χ1v) is 6.18. The van der Waals surface area contributed by atoms with E-state index in [0.29, 0.717) is 0 Å². The lowest BCUT2D eigenvalue weighted by Crippen LogP contribution is -2.01. The second-order valence-corrected chi connectivity index (χ2v) is 4.62. The number of non-ortho nitro benzene ring substituents is 1. The minimum atomic E-state index is -0.388. The van der Waals surface area contributed by atoms with Crippen LogP contribution < -0.4 is 0 Å². The number of imidazole rings is 1. The van der Waals surface area contributed by atoms with Crippen LogP contribution in [-0.2, 0) is 6.42 Å². The van der Waals surface area contributed by atoms with E-state index >= 15 is 0 Å². The summed E-state index contributed by atoms with van der Waals surface area (Å²) in [5, 5.41) is 10.7. The monoisotopic (exact) mass is 343 g/mol. The molecule has 6 heteroatoms. The summed E-state index contributed by atoms with van der Waals surface area (Å²) in [7, 11) is 0. The molecule has 5 nitrogen and oxygen atoms in total. The van der Waals surface area contributed by atoms with Crippen LogP contribution in [0, 0.1) is 13.7 Å². The van der Waals surface area contributed by atoms with Crippen LogP contribution in [0.15, 0.2) is 30.6 Å².